The molecule has 0 atom stereocenters. The molecule has 2 aromatic rings. The van der Waals surface area contributed by atoms with Crippen molar-refractivity contribution in [3.8, 4) is 0 Å². The van der Waals surface area contributed by atoms with Crippen molar-refractivity contribution < 1.29 is 9.18 Å². The zero-order chi connectivity index (χ0) is 17.2. The fraction of sp³-hybridized carbons (Fsp3) is 0.350. The zero-order valence-corrected chi connectivity index (χ0v) is 14.2. The second kappa shape index (κ2) is 6.84. The molecular weight excluding hydrogens is 317 g/mol. The van der Waals surface area contributed by atoms with Crippen LogP contribution in [0.3, 0.4) is 0 Å². The van der Waals surface area contributed by atoms with E-state index in [0.29, 0.717) is 6.54 Å². The van der Waals surface area contributed by atoms with Gasteiger partial charge in [0.15, 0.2) is 0 Å². The van der Waals surface area contributed by atoms with Gasteiger partial charge >= 0.3 is 0 Å². The highest BCUT2D eigenvalue weighted by atomic mass is 19.1. The molecule has 4 nitrogen and oxygen atoms in total. The molecule has 0 unspecified atom stereocenters. The SMILES string of the molecule is O=C(CN1CCN(c2ccc(F)cc2)CC1)N1CCc2ccccc21. The number of benzene rings is 2. The molecule has 2 aliphatic rings. The molecule has 0 spiro atoms. The van der Waals surface area contributed by atoms with Crippen molar-refractivity contribution in [1.29, 1.82) is 0 Å². The lowest BCUT2D eigenvalue weighted by atomic mass is 10.2. The lowest BCUT2D eigenvalue weighted by Crippen LogP contribution is -2.50. The van der Waals surface area contributed by atoms with Crippen LogP contribution < -0.4 is 9.80 Å². The van der Waals surface area contributed by atoms with Crippen molar-refractivity contribution in [2.24, 2.45) is 0 Å². The quantitative estimate of drug-likeness (QED) is 0.860. The van der Waals surface area contributed by atoms with Gasteiger partial charge in [-0.1, -0.05) is 18.2 Å². The first-order valence-corrected chi connectivity index (χ1v) is 8.82. The van der Waals surface area contributed by atoms with Crippen LogP contribution in [0, 0.1) is 5.82 Å². The van der Waals surface area contributed by atoms with E-state index in [2.05, 4.69) is 15.9 Å². The summed E-state index contributed by atoms with van der Waals surface area (Å²) in [6, 6.07) is 14.8. The van der Waals surface area contributed by atoms with Crippen molar-refractivity contribution >= 4 is 17.3 Å². The van der Waals surface area contributed by atoms with E-state index in [-0.39, 0.29) is 11.7 Å². The normalized spacial score (nSPS) is 17.6. The van der Waals surface area contributed by atoms with Crippen LogP contribution in [-0.2, 0) is 11.2 Å². The topological polar surface area (TPSA) is 26.8 Å². The third-order valence-corrected chi connectivity index (χ3v) is 5.11. The summed E-state index contributed by atoms with van der Waals surface area (Å²) in [7, 11) is 0. The summed E-state index contributed by atoms with van der Waals surface area (Å²) in [4.78, 5) is 19.1. The highest BCUT2D eigenvalue weighted by Gasteiger charge is 2.26. The molecule has 0 aliphatic carbocycles. The number of nitrogens with zero attached hydrogens (tertiary/aromatic N) is 3. The van der Waals surface area contributed by atoms with E-state index in [9.17, 15) is 9.18 Å². The van der Waals surface area contributed by atoms with E-state index in [1.807, 2.05) is 35.2 Å². The predicted molar refractivity (Wildman–Crippen MR) is 97.6 cm³/mol. The third-order valence-electron chi connectivity index (χ3n) is 5.11. The first kappa shape index (κ1) is 16.1. The van der Waals surface area contributed by atoms with E-state index in [4.69, 9.17) is 0 Å². The second-order valence-corrected chi connectivity index (χ2v) is 6.66. The van der Waals surface area contributed by atoms with Gasteiger partial charge in [0.1, 0.15) is 5.82 Å². The Kier molecular flexibility index (Phi) is 4.40. The molecule has 0 bridgehead atoms. The Balaban J connectivity index is 1.33. The lowest BCUT2D eigenvalue weighted by molar-refractivity contribution is -0.119. The van der Waals surface area contributed by atoms with Gasteiger partial charge in [0, 0.05) is 44.1 Å². The van der Waals surface area contributed by atoms with Crippen molar-refractivity contribution in [1.82, 2.24) is 4.90 Å². The Labute approximate surface area is 147 Å². The summed E-state index contributed by atoms with van der Waals surface area (Å²) in [6.07, 6.45) is 0.945. The Hall–Kier alpha value is -2.40. The summed E-state index contributed by atoms with van der Waals surface area (Å²) in [5, 5.41) is 0. The molecule has 1 fully saturated rings. The summed E-state index contributed by atoms with van der Waals surface area (Å²) in [5.41, 5.74) is 3.37. The second-order valence-electron chi connectivity index (χ2n) is 6.66. The van der Waals surface area contributed by atoms with Crippen molar-refractivity contribution in [2.75, 3.05) is 49.1 Å². The number of amides is 1. The van der Waals surface area contributed by atoms with Gasteiger partial charge in [0.2, 0.25) is 5.91 Å². The maximum Gasteiger partial charge on any atom is 0.241 e. The molecule has 2 heterocycles. The van der Waals surface area contributed by atoms with Gasteiger partial charge in [-0.15, -0.1) is 0 Å². The lowest BCUT2D eigenvalue weighted by Gasteiger charge is -2.36. The molecule has 4 rings (SSSR count). The van der Waals surface area contributed by atoms with Gasteiger partial charge in [0.05, 0.1) is 6.54 Å². The number of rotatable bonds is 3. The number of hydrogen-bond donors (Lipinski definition) is 0. The van der Waals surface area contributed by atoms with Crippen LogP contribution in [-0.4, -0.2) is 50.1 Å². The third kappa shape index (κ3) is 3.37. The number of piperazine rings is 1. The molecule has 5 heteroatoms. The maximum absolute atomic E-state index is 13.0. The molecule has 0 N–H and O–H groups in total. The van der Waals surface area contributed by atoms with Crippen molar-refractivity contribution in [3.63, 3.8) is 0 Å². The van der Waals surface area contributed by atoms with Gasteiger partial charge in [0.25, 0.3) is 0 Å². The van der Waals surface area contributed by atoms with Gasteiger partial charge in [-0.05, 0) is 42.3 Å². The standard InChI is InChI=1S/C20H22FN3O/c21-17-5-7-18(8-6-17)23-13-11-22(12-14-23)15-20(25)24-10-9-16-3-1-2-4-19(16)24/h1-8H,9-15H2. The molecule has 0 aromatic heterocycles. The summed E-state index contributed by atoms with van der Waals surface area (Å²) in [5.74, 6) is -0.0286. The Morgan fingerprint density at radius 3 is 2.40 bits per heavy atom. The fourth-order valence-electron chi connectivity index (χ4n) is 3.69. The van der Waals surface area contributed by atoms with E-state index in [1.54, 1.807) is 0 Å². The first-order chi connectivity index (χ1) is 12.2. The number of fused-ring (bicyclic) bond motifs is 1. The van der Waals surface area contributed by atoms with Crippen LogP contribution in [0.25, 0.3) is 0 Å². The summed E-state index contributed by atoms with van der Waals surface area (Å²) < 4.78 is 13.0. The molecule has 25 heavy (non-hydrogen) atoms. The molecular formula is C20H22FN3O. The minimum absolute atomic E-state index is 0.181. The summed E-state index contributed by atoms with van der Waals surface area (Å²) in [6.45, 7) is 4.65. The van der Waals surface area contributed by atoms with Gasteiger partial charge in [-0.25, -0.2) is 4.39 Å². The Morgan fingerprint density at radius 1 is 0.920 bits per heavy atom. The number of carbonyl (C=O) groups is 1. The van der Waals surface area contributed by atoms with E-state index in [1.165, 1.54) is 17.7 Å². The largest absolute Gasteiger partial charge is 0.369 e. The zero-order valence-electron chi connectivity index (χ0n) is 14.2. The van der Waals surface area contributed by atoms with Crippen LogP contribution in [0.5, 0.6) is 0 Å². The number of hydrogen-bond acceptors (Lipinski definition) is 3. The molecule has 2 aliphatic heterocycles. The number of halogens is 1. The number of para-hydroxylation sites is 1. The van der Waals surface area contributed by atoms with Crippen LogP contribution in [0.15, 0.2) is 48.5 Å². The Morgan fingerprint density at radius 2 is 1.64 bits per heavy atom. The van der Waals surface area contributed by atoms with Crippen molar-refractivity contribution in [3.05, 3.63) is 59.9 Å². The van der Waals surface area contributed by atoms with Crippen LogP contribution in [0.2, 0.25) is 0 Å². The highest BCUT2D eigenvalue weighted by molar-refractivity contribution is 5.96. The number of anilines is 2. The van der Waals surface area contributed by atoms with Gasteiger partial charge < -0.3 is 9.80 Å². The Bertz CT molecular complexity index is 754. The van der Waals surface area contributed by atoms with E-state index in [0.717, 1.165) is 50.5 Å². The van der Waals surface area contributed by atoms with E-state index < -0.39 is 0 Å². The van der Waals surface area contributed by atoms with E-state index >= 15 is 0 Å². The molecule has 0 saturated carbocycles. The predicted octanol–water partition coefficient (Wildman–Crippen LogP) is 2.54. The molecule has 2 aromatic carbocycles. The van der Waals surface area contributed by atoms with Crippen molar-refractivity contribution in [2.45, 2.75) is 6.42 Å². The molecule has 1 amide bonds. The van der Waals surface area contributed by atoms with Crippen LogP contribution in [0.1, 0.15) is 5.56 Å². The summed E-state index contributed by atoms with van der Waals surface area (Å²) >= 11 is 0. The fourth-order valence-corrected chi connectivity index (χ4v) is 3.69. The minimum atomic E-state index is -0.209. The van der Waals surface area contributed by atoms with Crippen LogP contribution >= 0.6 is 0 Å². The minimum Gasteiger partial charge on any atom is -0.369 e. The van der Waals surface area contributed by atoms with Gasteiger partial charge in [-0.3, -0.25) is 9.69 Å². The molecule has 130 valence electrons. The first-order valence-electron chi connectivity index (χ1n) is 8.82. The highest BCUT2D eigenvalue weighted by Crippen LogP contribution is 2.27. The monoisotopic (exact) mass is 339 g/mol. The molecule has 0 radical (unpaired) electrons. The smallest absolute Gasteiger partial charge is 0.241 e. The average Bonchev–Trinajstić information content (AvgIpc) is 3.07. The maximum atomic E-state index is 13.0. The van der Waals surface area contributed by atoms with Crippen LogP contribution in [0.4, 0.5) is 15.8 Å². The number of carbonyl (C=O) groups excluding carboxylic acids is 1. The molecule has 1 saturated heterocycles. The average molecular weight is 339 g/mol. The van der Waals surface area contributed by atoms with Gasteiger partial charge in [-0.2, -0.15) is 0 Å².